The molecule has 25 heavy (non-hydrogen) atoms. The van der Waals surface area contributed by atoms with Crippen LogP contribution >= 0.6 is 0 Å². The summed E-state index contributed by atoms with van der Waals surface area (Å²) in [6.45, 7) is 0.417. The summed E-state index contributed by atoms with van der Waals surface area (Å²) in [5, 5.41) is 2.26. The number of H-pyrrole nitrogens is 1. The molecule has 1 aromatic heterocycles. The molecule has 8 heteroatoms. The lowest BCUT2D eigenvalue weighted by Crippen LogP contribution is -2.46. The highest BCUT2D eigenvalue weighted by atomic mass is 19.2. The molecule has 0 bridgehead atoms. The summed E-state index contributed by atoms with van der Waals surface area (Å²) in [7, 11) is 1.30. The molecule has 1 N–H and O–H groups in total. The van der Waals surface area contributed by atoms with Gasteiger partial charge in [-0.3, -0.25) is 4.79 Å². The quantitative estimate of drug-likeness (QED) is 0.922. The van der Waals surface area contributed by atoms with Crippen LogP contribution < -0.4 is 5.56 Å². The van der Waals surface area contributed by atoms with Crippen LogP contribution in [0.25, 0.3) is 0 Å². The number of amides is 1. The standard InChI is InChI=1S/C17H18F2N2O4/c1-24-17(23)21-5-4-11(15-9-16(22)20-25-15)8-12(21)6-10-2-3-13(18)14(19)7-10/h2-3,7,9,11-12H,4-6,8H2,1H3,(H,20,22). The third-order valence-electron chi connectivity index (χ3n) is 4.53. The lowest BCUT2D eigenvalue weighted by Gasteiger charge is -2.38. The fraction of sp³-hybridized carbons (Fsp3) is 0.412. The summed E-state index contributed by atoms with van der Waals surface area (Å²) < 4.78 is 36.6. The first kappa shape index (κ1) is 17.2. The summed E-state index contributed by atoms with van der Waals surface area (Å²) >= 11 is 0. The number of nitrogens with one attached hydrogen (secondary N) is 1. The van der Waals surface area contributed by atoms with Gasteiger partial charge in [-0.15, -0.1) is 0 Å². The van der Waals surface area contributed by atoms with Crippen molar-refractivity contribution in [2.24, 2.45) is 0 Å². The van der Waals surface area contributed by atoms with E-state index in [4.69, 9.17) is 9.26 Å². The van der Waals surface area contributed by atoms with Gasteiger partial charge in [0.25, 0.3) is 5.56 Å². The number of benzene rings is 1. The number of hydrogen-bond donors (Lipinski definition) is 1. The predicted molar refractivity (Wildman–Crippen MR) is 84.3 cm³/mol. The Kier molecular flexibility index (Phi) is 4.87. The number of halogens is 2. The molecule has 0 aliphatic carbocycles. The number of likely N-dealkylation sites (tertiary alicyclic amines) is 1. The van der Waals surface area contributed by atoms with E-state index in [9.17, 15) is 18.4 Å². The third-order valence-corrected chi connectivity index (χ3v) is 4.53. The number of methoxy groups -OCH3 is 1. The lowest BCUT2D eigenvalue weighted by atomic mass is 9.86. The molecule has 6 nitrogen and oxygen atoms in total. The number of rotatable bonds is 3. The zero-order valence-corrected chi connectivity index (χ0v) is 13.6. The maximum Gasteiger partial charge on any atom is 0.409 e. The summed E-state index contributed by atoms with van der Waals surface area (Å²) in [5.74, 6) is -1.35. The Balaban J connectivity index is 1.82. The predicted octanol–water partition coefficient (Wildman–Crippen LogP) is 2.80. The molecular weight excluding hydrogens is 334 g/mol. The van der Waals surface area contributed by atoms with Crippen molar-refractivity contribution in [2.45, 2.75) is 31.2 Å². The molecule has 1 fully saturated rings. The molecule has 0 saturated carbocycles. The first-order chi connectivity index (χ1) is 12.0. The molecule has 2 atom stereocenters. The van der Waals surface area contributed by atoms with Crippen LogP contribution in [0.15, 0.2) is 33.6 Å². The first-order valence-electron chi connectivity index (χ1n) is 7.95. The number of hydrogen-bond acceptors (Lipinski definition) is 4. The van der Waals surface area contributed by atoms with E-state index in [0.717, 1.165) is 12.1 Å². The molecule has 1 aromatic carbocycles. The van der Waals surface area contributed by atoms with Gasteiger partial charge in [0.1, 0.15) is 5.76 Å². The highest BCUT2D eigenvalue weighted by molar-refractivity contribution is 5.68. The van der Waals surface area contributed by atoms with E-state index in [2.05, 4.69) is 5.16 Å². The summed E-state index contributed by atoms with van der Waals surface area (Å²) in [5.41, 5.74) is 0.261. The first-order valence-corrected chi connectivity index (χ1v) is 7.95. The SMILES string of the molecule is COC(=O)N1CCC(c2cc(=O)[nH]o2)CC1Cc1ccc(F)c(F)c1. The fourth-order valence-corrected chi connectivity index (χ4v) is 3.30. The number of ether oxygens (including phenoxy) is 1. The highest BCUT2D eigenvalue weighted by Gasteiger charge is 2.34. The molecule has 3 rings (SSSR count). The van der Waals surface area contributed by atoms with Crippen molar-refractivity contribution in [1.82, 2.24) is 10.1 Å². The van der Waals surface area contributed by atoms with Crippen LogP contribution in [0, 0.1) is 11.6 Å². The molecule has 2 aromatic rings. The van der Waals surface area contributed by atoms with Crippen LogP contribution in [0.4, 0.5) is 13.6 Å². The zero-order valence-electron chi connectivity index (χ0n) is 13.6. The second-order valence-corrected chi connectivity index (χ2v) is 6.11. The van der Waals surface area contributed by atoms with Crippen molar-refractivity contribution >= 4 is 6.09 Å². The highest BCUT2D eigenvalue weighted by Crippen LogP contribution is 2.33. The molecule has 1 saturated heterocycles. The van der Waals surface area contributed by atoms with E-state index in [0.29, 0.717) is 37.1 Å². The molecule has 1 amide bonds. The summed E-state index contributed by atoms with van der Waals surface area (Å²) in [6, 6.07) is 4.81. The molecule has 1 aliphatic rings. The van der Waals surface area contributed by atoms with E-state index in [1.807, 2.05) is 0 Å². The van der Waals surface area contributed by atoms with Gasteiger partial charge in [0.15, 0.2) is 11.6 Å². The van der Waals surface area contributed by atoms with Gasteiger partial charge in [0, 0.05) is 24.6 Å². The van der Waals surface area contributed by atoms with Crippen molar-refractivity contribution in [1.29, 1.82) is 0 Å². The van der Waals surface area contributed by atoms with Crippen LogP contribution in [0.3, 0.4) is 0 Å². The molecule has 0 radical (unpaired) electrons. The number of piperidine rings is 1. The minimum atomic E-state index is -0.925. The Morgan fingerprint density at radius 2 is 2.16 bits per heavy atom. The van der Waals surface area contributed by atoms with Gasteiger partial charge in [-0.1, -0.05) is 6.07 Å². The average molecular weight is 352 g/mol. The van der Waals surface area contributed by atoms with Crippen molar-refractivity contribution in [2.75, 3.05) is 13.7 Å². The fourth-order valence-electron chi connectivity index (χ4n) is 3.30. The zero-order chi connectivity index (χ0) is 18.0. The number of nitrogens with zero attached hydrogens (tertiary/aromatic N) is 1. The Morgan fingerprint density at radius 3 is 2.80 bits per heavy atom. The van der Waals surface area contributed by atoms with E-state index in [-0.39, 0.29) is 17.5 Å². The maximum absolute atomic E-state index is 13.5. The molecule has 1 aliphatic heterocycles. The summed E-state index contributed by atoms with van der Waals surface area (Å²) in [4.78, 5) is 24.9. The van der Waals surface area contributed by atoms with Gasteiger partial charge in [0.2, 0.25) is 0 Å². The monoisotopic (exact) mass is 352 g/mol. The normalized spacial score (nSPS) is 20.5. The van der Waals surface area contributed by atoms with Crippen molar-refractivity contribution in [3.63, 3.8) is 0 Å². The Hall–Kier alpha value is -2.64. The average Bonchev–Trinajstić information content (AvgIpc) is 3.04. The van der Waals surface area contributed by atoms with Gasteiger partial charge in [0.05, 0.1) is 7.11 Å². The number of aromatic nitrogens is 1. The summed E-state index contributed by atoms with van der Waals surface area (Å²) in [6.07, 6.45) is 1.01. The van der Waals surface area contributed by atoms with Crippen LogP contribution in [0.5, 0.6) is 0 Å². The largest absolute Gasteiger partial charge is 0.453 e. The van der Waals surface area contributed by atoms with Crippen LogP contribution in [-0.2, 0) is 11.2 Å². The van der Waals surface area contributed by atoms with Crippen LogP contribution in [0.1, 0.15) is 30.1 Å². The number of carbonyl (C=O) groups excluding carboxylic acids is 1. The minimum absolute atomic E-state index is 0.0462. The van der Waals surface area contributed by atoms with Gasteiger partial charge < -0.3 is 14.2 Å². The van der Waals surface area contributed by atoms with Crippen LogP contribution in [0.2, 0.25) is 0 Å². The Labute approximate surface area is 142 Å². The molecule has 0 spiro atoms. The number of aromatic amines is 1. The molecule has 2 heterocycles. The van der Waals surface area contributed by atoms with Gasteiger partial charge >= 0.3 is 6.09 Å². The maximum atomic E-state index is 13.5. The molecule has 2 unspecified atom stereocenters. The lowest BCUT2D eigenvalue weighted by molar-refractivity contribution is 0.0816. The van der Waals surface area contributed by atoms with Crippen LogP contribution in [-0.4, -0.2) is 35.8 Å². The topological polar surface area (TPSA) is 75.5 Å². The third kappa shape index (κ3) is 3.72. The second kappa shape index (κ2) is 7.08. The van der Waals surface area contributed by atoms with Crippen molar-refractivity contribution < 1.29 is 22.8 Å². The van der Waals surface area contributed by atoms with Gasteiger partial charge in [-0.2, -0.15) is 5.16 Å². The van der Waals surface area contributed by atoms with E-state index < -0.39 is 17.7 Å². The van der Waals surface area contributed by atoms with Gasteiger partial charge in [-0.05, 0) is 37.0 Å². The number of carbonyl (C=O) groups is 1. The van der Waals surface area contributed by atoms with Crippen molar-refractivity contribution in [3.05, 3.63) is 57.6 Å². The Bertz CT molecular complexity index is 817. The van der Waals surface area contributed by atoms with E-state index in [1.165, 1.54) is 19.2 Å². The van der Waals surface area contributed by atoms with Gasteiger partial charge in [-0.25, -0.2) is 13.6 Å². The second-order valence-electron chi connectivity index (χ2n) is 6.11. The van der Waals surface area contributed by atoms with E-state index in [1.54, 1.807) is 4.90 Å². The van der Waals surface area contributed by atoms with E-state index >= 15 is 0 Å². The van der Waals surface area contributed by atoms with Crippen molar-refractivity contribution in [3.8, 4) is 0 Å². The molecular formula is C17H18F2N2O4. The minimum Gasteiger partial charge on any atom is -0.453 e. The molecule has 134 valence electrons. The Morgan fingerprint density at radius 1 is 1.36 bits per heavy atom. The smallest absolute Gasteiger partial charge is 0.409 e.